The number of benzene rings is 2. The van der Waals surface area contributed by atoms with Crippen molar-refractivity contribution in [2.24, 2.45) is 0 Å². The van der Waals surface area contributed by atoms with Gasteiger partial charge in [-0.1, -0.05) is 18.2 Å². The number of methoxy groups -OCH3 is 1. The van der Waals surface area contributed by atoms with Gasteiger partial charge in [0.25, 0.3) is 0 Å². The lowest BCUT2D eigenvalue weighted by Crippen LogP contribution is -2.02. The van der Waals surface area contributed by atoms with Crippen LogP contribution < -0.4 is 9.47 Å². The van der Waals surface area contributed by atoms with E-state index in [2.05, 4.69) is 4.74 Å². The van der Waals surface area contributed by atoms with Gasteiger partial charge in [-0.25, -0.2) is 4.79 Å². The van der Waals surface area contributed by atoms with Crippen LogP contribution in [0.3, 0.4) is 0 Å². The molecular formula is C19H22O4. The largest absolute Gasteiger partial charge is 0.494 e. The van der Waals surface area contributed by atoms with Gasteiger partial charge in [0.1, 0.15) is 11.5 Å². The molecule has 0 spiro atoms. The maximum Gasteiger partial charge on any atom is 0.337 e. The number of unbranched alkanes of at least 4 members (excludes halogenated alkanes) is 2. The number of hydrogen-bond donors (Lipinski definition) is 0. The summed E-state index contributed by atoms with van der Waals surface area (Å²) in [6.07, 6.45) is 3.02. The predicted octanol–water partition coefficient (Wildman–Crippen LogP) is 4.10. The molecule has 0 bridgehead atoms. The van der Waals surface area contributed by atoms with E-state index in [9.17, 15) is 4.79 Å². The minimum atomic E-state index is -0.338. The van der Waals surface area contributed by atoms with Crippen molar-refractivity contribution in [1.82, 2.24) is 0 Å². The van der Waals surface area contributed by atoms with Crippen LogP contribution in [0.1, 0.15) is 29.6 Å². The summed E-state index contributed by atoms with van der Waals surface area (Å²) in [5, 5.41) is 0. The summed E-state index contributed by atoms with van der Waals surface area (Å²) < 4.78 is 15.9. The SMILES string of the molecule is COC(=O)c1ccc(OCCCCCOc2ccccc2)cc1. The van der Waals surface area contributed by atoms with E-state index < -0.39 is 0 Å². The lowest BCUT2D eigenvalue weighted by Gasteiger charge is -2.08. The molecule has 0 amide bonds. The van der Waals surface area contributed by atoms with Gasteiger partial charge in [0.05, 0.1) is 25.9 Å². The van der Waals surface area contributed by atoms with E-state index in [-0.39, 0.29) is 5.97 Å². The molecule has 2 aromatic carbocycles. The molecule has 0 aliphatic heterocycles. The first-order valence-electron chi connectivity index (χ1n) is 7.78. The molecule has 0 aliphatic rings. The van der Waals surface area contributed by atoms with E-state index in [0.717, 1.165) is 37.4 Å². The summed E-state index contributed by atoms with van der Waals surface area (Å²) in [5.41, 5.74) is 0.526. The van der Waals surface area contributed by atoms with Crippen LogP contribution in [0.5, 0.6) is 11.5 Å². The Labute approximate surface area is 137 Å². The molecule has 2 aromatic rings. The fourth-order valence-corrected chi connectivity index (χ4v) is 2.08. The van der Waals surface area contributed by atoms with Crippen LogP contribution in [0.15, 0.2) is 54.6 Å². The fourth-order valence-electron chi connectivity index (χ4n) is 2.08. The van der Waals surface area contributed by atoms with E-state index >= 15 is 0 Å². The maximum atomic E-state index is 11.3. The number of hydrogen-bond acceptors (Lipinski definition) is 4. The van der Waals surface area contributed by atoms with Crippen LogP contribution in [0, 0.1) is 0 Å². The Kier molecular flexibility index (Phi) is 6.98. The smallest absolute Gasteiger partial charge is 0.337 e. The first-order chi connectivity index (χ1) is 11.3. The number of esters is 1. The van der Waals surface area contributed by atoms with Gasteiger partial charge in [0.2, 0.25) is 0 Å². The van der Waals surface area contributed by atoms with Crippen molar-refractivity contribution in [3.05, 3.63) is 60.2 Å². The Hall–Kier alpha value is -2.49. The third-order valence-corrected chi connectivity index (χ3v) is 3.34. The van der Waals surface area contributed by atoms with Crippen molar-refractivity contribution < 1.29 is 19.0 Å². The minimum absolute atomic E-state index is 0.338. The minimum Gasteiger partial charge on any atom is -0.494 e. The Bertz CT molecular complexity index is 578. The van der Waals surface area contributed by atoms with Gasteiger partial charge in [0.15, 0.2) is 0 Å². The lowest BCUT2D eigenvalue weighted by atomic mass is 10.2. The highest BCUT2D eigenvalue weighted by Crippen LogP contribution is 2.14. The number of carbonyl (C=O) groups is 1. The molecule has 23 heavy (non-hydrogen) atoms. The lowest BCUT2D eigenvalue weighted by molar-refractivity contribution is 0.0600. The molecule has 2 rings (SSSR count). The standard InChI is InChI=1S/C19H22O4/c1-21-19(20)16-10-12-18(13-11-16)23-15-7-3-6-14-22-17-8-4-2-5-9-17/h2,4-5,8-13H,3,6-7,14-15H2,1H3. The maximum absolute atomic E-state index is 11.3. The van der Waals surface area contributed by atoms with Crippen LogP contribution >= 0.6 is 0 Å². The second kappa shape index (κ2) is 9.51. The number of carbonyl (C=O) groups excluding carboxylic acids is 1. The quantitative estimate of drug-likeness (QED) is 0.516. The molecular weight excluding hydrogens is 292 g/mol. The number of rotatable bonds is 9. The summed E-state index contributed by atoms with van der Waals surface area (Å²) in [5.74, 6) is 1.34. The molecule has 0 atom stereocenters. The monoisotopic (exact) mass is 314 g/mol. The molecule has 4 nitrogen and oxygen atoms in total. The Morgan fingerprint density at radius 2 is 1.35 bits per heavy atom. The highest BCUT2D eigenvalue weighted by atomic mass is 16.5. The zero-order chi connectivity index (χ0) is 16.3. The Morgan fingerprint density at radius 1 is 0.783 bits per heavy atom. The van der Waals surface area contributed by atoms with E-state index in [4.69, 9.17) is 9.47 Å². The van der Waals surface area contributed by atoms with Gasteiger partial charge in [-0.3, -0.25) is 0 Å². The molecule has 0 aliphatic carbocycles. The molecule has 0 heterocycles. The molecule has 0 N–H and O–H groups in total. The molecule has 4 heteroatoms. The summed E-state index contributed by atoms with van der Waals surface area (Å²) in [6.45, 7) is 1.38. The average Bonchev–Trinajstić information content (AvgIpc) is 2.61. The van der Waals surface area contributed by atoms with Crippen LogP contribution in [-0.2, 0) is 4.74 Å². The van der Waals surface area contributed by atoms with E-state index in [0.29, 0.717) is 12.2 Å². The molecule has 0 fully saturated rings. The molecule has 0 saturated heterocycles. The number of ether oxygens (including phenoxy) is 3. The second-order valence-electron chi connectivity index (χ2n) is 5.09. The van der Waals surface area contributed by atoms with Gasteiger partial charge >= 0.3 is 5.97 Å². The second-order valence-corrected chi connectivity index (χ2v) is 5.09. The molecule has 122 valence electrons. The van der Waals surface area contributed by atoms with Gasteiger partial charge < -0.3 is 14.2 Å². The van der Waals surface area contributed by atoms with Gasteiger partial charge in [0, 0.05) is 0 Å². The van der Waals surface area contributed by atoms with Crippen molar-refractivity contribution in [1.29, 1.82) is 0 Å². The third-order valence-electron chi connectivity index (χ3n) is 3.34. The van der Waals surface area contributed by atoms with Crippen LogP contribution in [-0.4, -0.2) is 26.3 Å². The average molecular weight is 314 g/mol. The highest BCUT2D eigenvalue weighted by Gasteiger charge is 2.04. The van der Waals surface area contributed by atoms with Crippen LogP contribution in [0.25, 0.3) is 0 Å². The van der Waals surface area contributed by atoms with Gasteiger partial charge in [-0.2, -0.15) is 0 Å². The summed E-state index contributed by atoms with van der Waals surface area (Å²) in [7, 11) is 1.37. The third kappa shape index (κ3) is 6.02. The Balaban J connectivity index is 1.56. The van der Waals surface area contributed by atoms with Gasteiger partial charge in [-0.05, 0) is 55.7 Å². The van der Waals surface area contributed by atoms with Crippen LogP contribution in [0.2, 0.25) is 0 Å². The van der Waals surface area contributed by atoms with E-state index in [1.165, 1.54) is 7.11 Å². The number of para-hydroxylation sites is 1. The van der Waals surface area contributed by atoms with Crippen molar-refractivity contribution in [3.8, 4) is 11.5 Å². The first kappa shape index (κ1) is 16.9. The Morgan fingerprint density at radius 3 is 1.91 bits per heavy atom. The van der Waals surface area contributed by atoms with Crippen LogP contribution in [0.4, 0.5) is 0 Å². The zero-order valence-electron chi connectivity index (χ0n) is 13.4. The highest BCUT2D eigenvalue weighted by molar-refractivity contribution is 5.89. The molecule has 0 radical (unpaired) electrons. The van der Waals surface area contributed by atoms with E-state index in [1.807, 2.05) is 30.3 Å². The molecule has 0 unspecified atom stereocenters. The van der Waals surface area contributed by atoms with Crippen molar-refractivity contribution >= 4 is 5.97 Å². The first-order valence-corrected chi connectivity index (χ1v) is 7.78. The van der Waals surface area contributed by atoms with E-state index in [1.54, 1.807) is 24.3 Å². The van der Waals surface area contributed by atoms with Crippen molar-refractivity contribution in [2.75, 3.05) is 20.3 Å². The molecule has 0 saturated carbocycles. The summed E-state index contributed by atoms with van der Waals surface area (Å²) >= 11 is 0. The normalized spacial score (nSPS) is 10.1. The molecule has 0 aromatic heterocycles. The summed E-state index contributed by atoms with van der Waals surface area (Å²) in [4.78, 5) is 11.3. The zero-order valence-corrected chi connectivity index (χ0v) is 13.4. The van der Waals surface area contributed by atoms with Crippen molar-refractivity contribution in [3.63, 3.8) is 0 Å². The van der Waals surface area contributed by atoms with Gasteiger partial charge in [-0.15, -0.1) is 0 Å². The topological polar surface area (TPSA) is 44.8 Å². The fraction of sp³-hybridized carbons (Fsp3) is 0.316. The van der Waals surface area contributed by atoms with Crippen molar-refractivity contribution in [2.45, 2.75) is 19.3 Å². The predicted molar refractivity (Wildman–Crippen MR) is 89.1 cm³/mol. The summed E-state index contributed by atoms with van der Waals surface area (Å²) in [6, 6.07) is 16.8.